The molecule has 2 aromatic carbocycles. The van der Waals surface area contributed by atoms with Crippen molar-refractivity contribution < 1.29 is 9.90 Å². The van der Waals surface area contributed by atoms with Crippen LogP contribution in [0, 0.1) is 0 Å². The molecule has 0 spiro atoms. The molecule has 0 unspecified atom stereocenters. The van der Waals surface area contributed by atoms with Crippen molar-refractivity contribution >= 4 is 23.0 Å². The van der Waals surface area contributed by atoms with Crippen LogP contribution >= 0.6 is 0 Å². The summed E-state index contributed by atoms with van der Waals surface area (Å²) in [6.07, 6.45) is 0. The maximum absolute atomic E-state index is 10.7. The topological polar surface area (TPSA) is 74.0 Å². The average Bonchev–Trinajstić information content (AvgIpc) is 2.46. The predicted octanol–water partition coefficient (Wildman–Crippen LogP) is 3.84. The van der Waals surface area contributed by atoms with Gasteiger partial charge in [0, 0.05) is 12.7 Å². The highest BCUT2D eigenvalue weighted by atomic mass is 16.4. The zero-order valence-electron chi connectivity index (χ0n) is 10.4. The van der Waals surface area contributed by atoms with E-state index in [9.17, 15) is 4.79 Å². The van der Waals surface area contributed by atoms with Crippen LogP contribution in [0.5, 0.6) is 0 Å². The summed E-state index contributed by atoms with van der Waals surface area (Å²) in [5.74, 6) is -0.953. The van der Waals surface area contributed by atoms with Crippen molar-refractivity contribution in [3.63, 3.8) is 0 Å². The second-order valence-electron chi connectivity index (χ2n) is 3.85. The first kappa shape index (κ1) is 12.8. The number of benzene rings is 2. The molecule has 0 aliphatic carbocycles. The third kappa shape index (κ3) is 3.38. The van der Waals surface area contributed by atoms with Gasteiger partial charge >= 0.3 is 5.97 Å². The van der Waals surface area contributed by atoms with Crippen molar-refractivity contribution in [3.05, 3.63) is 54.1 Å². The molecule has 0 fully saturated rings. The van der Waals surface area contributed by atoms with Crippen molar-refractivity contribution in [2.24, 2.45) is 10.2 Å². The number of carboxylic acid groups (broad SMARTS) is 1. The number of azo groups is 1. The van der Waals surface area contributed by atoms with Gasteiger partial charge < -0.3 is 10.4 Å². The molecule has 0 saturated heterocycles. The maximum Gasteiger partial charge on any atom is 0.335 e. The molecular formula is C14H13N3O2. The Morgan fingerprint density at radius 3 is 1.84 bits per heavy atom. The lowest BCUT2D eigenvalue weighted by Crippen LogP contribution is -1.93. The summed E-state index contributed by atoms with van der Waals surface area (Å²) in [4.78, 5) is 10.7. The van der Waals surface area contributed by atoms with Crippen LogP contribution in [0.25, 0.3) is 0 Å². The Kier molecular flexibility index (Phi) is 3.87. The van der Waals surface area contributed by atoms with E-state index < -0.39 is 5.97 Å². The second-order valence-corrected chi connectivity index (χ2v) is 3.85. The van der Waals surface area contributed by atoms with Crippen molar-refractivity contribution in [3.8, 4) is 0 Å². The first-order valence-corrected chi connectivity index (χ1v) is 5.72. The summed E-state index contributed by atoms with van der Waals surface area (Å²) in [6, 6.07) is 13.7. The third-order valence-corrected chi connectivity index (χ3v) is 2.55. The minimum atomic E-state index is -0.953. The number of nitrogens with one attached hydrogen (secondary N) is 1. The highest BCUT2D eigenvalue weighted by Crippen LogP contribution is 2.20. The summed E-state index contributed by atoms with van der Waals surface area (Å²) in [6.45, 7) is 0. The number of anilines is 1. The van der Waals surface area contributed by atoms with E-state index in [0.29, 0.717) is 5.69 Å². The lowest BCUT2D eigenvalue weighted by molar-refractivity contribution is 0.0697. The van der Waals surface area contributed by atoms with Gasteiger partial charge in [0.25, 0.3) is 0 Å². The van der Waals surface area contributed by atoms with E-state index in [2.05, 4.69) is 15.5 Å². The molecule has 0 bridgehead atoms. The van der Waals surface area contributed by atoms with E-state index in [0.717, 1.165) is 11.4 Å². The number of hydrogen-bond donors (Lipinski definition) is 2. The molecule has 0 heterocycles. The molecule has 5 nitrogen and oxygen atoms in total. The van der Waals surface area contributed by atoms with Crippen molar-refractivity contribution in [1.82, 2.24) is 0 Å². The summed E-state index contributed by atoms with van der Waals surface area (Å²) >= 11 is 0. The SMILES string of the molecule is CNc1ccc(N=Nc2ccc(C(=O)O)cc2)cc1. The van der Waals surface area contributed by atoms with E-state index in [-0.39, 0.29) is 5.56 Å². The summed E-state index contributed by atoms with van der Waals surface area (Å²) < 4.78 is 0. The van der Waals surface area contributed by atoms with E-state index in [1.807, 2.05) is 31.3 Å². The molecule has 0 amide bonds. The zero-order valence-corrected chi connectivity index (χ0v) is 10.4. The highest BCUT2D eigenvalue weighted by Gasteiger charge is 2.00. The smallest absolute Gasteiger partial charge is 0.335 e. The van der Waals surface area contributed by atoms with E-state index in [1.165, 1.54) is 12.1 Å². The minimum absolute atomic E-state index is 0.234. The van der Waals surface area contributed by atoms with Gasteiger partial charge in [-0.05, 0) is 48.5 Å². The summed E-state index contributed by atoms with van der Waals surface area (Å²) in [5.41, 5.74) is 2.59. The molecule has 0 aliphatic heterocycles. The number of rotatable bonds is 4. The van der Waals surface area contributed by atoms with Gasteiger partial charge in [-0.1, -0.05) is 0 Å². The first-order valence-electron chi connectivity index (χ1n) is 5.72. The molecule has 0 atom stereocenters. The molecule has 2 rings (SSSR count). The second kappa shape index (κ2) is 5.77. The largest absolute Gasteiger partial charge is 0.478 e. The van der Waals surface area contributed by atoms with E-state index in [4.69, 9.17) is 5.11 Å². The van der Waals surface area contributed by atoms with Crippen LogP contribution in [0.4, 0.5) is 17.1 Å². The van der Waals surface area contributed by atoms with Gasteiger partial charge in [0.2, 0.25) is 0 Å². The van der Waals surface area contributed by atoms with Crippen LogP contribution in [0.3, 0.4) is 0 Å². The van der Waals surface area contributed by atoms with Gasteiger partial charge in [-0.15, -0.1) is 0 Å². The number of carbonyl (C=O) groups is 1. The predicted molar refractivity (Wildman–Crippen MR) is 73.6 cm³/mol. The molecule has 2 aromatic rings. The van der Waals surface area contributed by atoms with Crippen LogP contribution < -0.4 is 5.32 Å². The van der Waals surface area contributed by atoms with E-state index in [1.54, 1.807) is 12.1 Å². The number of hydrogen-bond acceptors (Lipinski definition) is 4. The third-order valence-electron chi connectivity index (χ3n) is 2.55. The van der Waals surface area contributed by atoms with Gasteiger partial charge in [0.05, 0.1) is 16.9 Å². The Morgan fingerprint density at radius 2 is 1.42 bits per heavy atom. The van der Waals surface area contributed by atoms with Gasteiger partial charge in [0.15, 0.2) is 0 Å². The van der Waals surface area contributed by atoms with Gasteiger partial charge in [-0.2, -0.15) is 10.2 Å². The Morgan fingerprint density at radius 1 is 0.947 bits per heavy atom. The molecule has 0 radical (unpaired) electrons. The highest BCUT2D eigenvalue weighted by molar-refractivity contribution is 5.87. The number of nitrogens with zero attached hydrogens (tertiary/aromatic N) is 2. The number of aromatic carboxylic acids is 1. The molecular weight excluding hydrogens is 242 g/mol. The quantitative estimate of drug-likeness (QED) is 0.815. The lowest BCUT2D eigenvalue weighted by Gasteiger charge is -1.98. The molecule has 0 aliphatic rings. The Bertz CT molecular complexity index is 589. The average molecular weight is 255 g/mol. The Labute approximate surface area is 110 Å². The van der Waals surface area contributed by atoms with Crippen LogP contribution in [-0.4, -0.2) is 18.1 Å². The zero-order chi connectivity index (χ0) is 13.7. The van der Waals surface area contributed by atoms with Crippen molar-refractivity contribution in [2.45, 2.75) is 0 Å². The Balaban J connectivity index is 2.10. The van der Waals surface area contributed by atoms with Crippen molar-refractivity contribution in [2.75, 3.05) is 12.4 Å². The normalized spacial score (nSPS) is 10.6. The molecule has 96 valence electrons. The molecule has 2 N–H and O–H groups in total. The van der Waals surface area contributed by atoms with Crippen molar-refractivity contribution in [1.29, 1.82) is 0 Å². The molecule has 0 aromatic heterocycles. The van der Waals surface area contributed by atoms with Crippen LogP contribution in [0.2, 0.25) is 0 Å². The lowest BCUT2D eigenvalue weighted by atomic mass is 10.2. The van der Waals surface area contributed by atoms with Crippen LogP contribution in [-0.2, 0) is 0 Å². The minimum Gasteiger partial charge on any atom is -0.478 e. The molecule has 19 heavy (non-hydrogen) atoms. The standard InChI is InChI=1S/C14H13N3O2/c1-15-11-6-8-13(9-7-11)17-16-12-4-2-10(3-5-12)14(18)19/h2-9,15H,1H3,(H,18,19). The fourth-order valence-electron chi connectivity index (χ4n) is 1.48. The first-order chi connectivity index (χ1) is 9.19. The van der Waals surface area contributed by atoms with Crippen LogP contribution in [0.1, 0.15) is 10.4 Å². The number of carboxylic acids is 1. The summed E-state index contributed by atoms with van der Waals surface area (Å²) in [5, 5.41) is 19.9. The maximum atomic E-state index is 10.7. The van der Waals surface area contributed by atoms with E-state index >= 15 is 0 Å². The molecule has 0 saturated carbocycles. The van der Waals surface area contributed by atoms with Gasteiger partial charge in [-0.25, -0.2) is 4.79 Å². The monoisotopic (exact) mass is 255 g/mol. The van der Waals surface area contributed by atoms with Gasteiger partial charge in [-0.3, -0.25) is 0 Å². The summed E-state index contributed by atoms with van der Waals surface area (Å²) in [7, 11) is 1.85. The fourth-order valence-corrected chi connectivity index (χ4v) is 1.48. The van der Waals surface area contributed by atoms with Crippen LogP contribution in [0.15, 0.2) is 58.8 Å². The fraction of sp³-hybridized carbons (Fsp3) is 0.0714. The Hall–Kier alpha value is -2.69. The van der Waals surface area contributed by atoms with Gasteiger partial charge in [0.1, 0.15) is 0 Å². The molecule has 5 heteroatoms.